The summed E-state index contributed by atoms with van der Waals surface area (Å²) in [6.45, 7) is 1.96. The third-order valence-electron chi connectivity index (χ3n) is 6.61. The largest absolute Gasteiger partial charge is 0.377 e. The summed E-state index contributed by atoms with van der Waals surface area (Å²) >= 11 is 2.71. The van der Waals surface area contributed by atoms with Crippen LogP contribution in [0.5, 0.6) is 0 Å². The number of aldehydes is 1. The predicted molar refractivity (Wildman–Crippen MR) is 180 cm³/mol. The van der Waals surface area contributed by atoms with E-state index < -0.39 is 0 Å². The van der Waals surface area contributed by atoms with Crippen molar-refractivity contribution >= 4 is 51.0 Å². The Kier molecular flexibility index (Phi) is 10.8. The van der Waals surface area contributed by atoms with Crippen LogP contribution >= 0.6 is 22.7 Å². The molecule has 6 rings (SSSR count). The van der Waals surface area contributed by atoms with Crippen molar-refractivity contribution in [3.8, 4) is 22.8 Å². The Labute approximate surface area is 273 Å². The Bertz CT molecular complexity index is 1890. The smallest absolute Gasteiger partial charge is 0.257 e. The average Bonchev–Trinajstić information content (AvgIpc) is 3.79. The molecule has 46 heavy (non-hydrogen) atoms. The summed E-state index contributed by atoms with van der Waals surface area (Å²) in [6, 6.07) is 25.0. The van der Waals surface area contributed by atoms with Gasteiger partial charge in [-0.25, -0.2) is 9.97 Å². The van der Waals surface area contributed by atoms with Crippen LogP contribution in [0.3, 0.4) is 0 Å². The lowest BCUT2D eigenvalue weighted by atomic mass is 10.1. The molecule has 4 aromatic heterocycles. The van der Waals surface area contributed by atoms with Gasteiger partial charge >= 0.3 is 0 Å². The number of benzene rings is 2. The molecule has 12 heteroatoms. The summed E-state index contributed by atoms with van der Waals surface area (Å²) in [5, 5.41) is 10.3. The standard InChI is InChI=1S/C18H17N3O2S.C16H11N3O2S/c1-12(23-2)13-6-8-14(9-7-13)17(22)21-18-20-16(11-24-18)15-5-3-4-10-19-15;20-9-11-4-6-12(7-5-11)15(21)19-16-18-14(10-22-16)13-3-1-2-8-17-13/h3-12H,1-2H3,(H,20,21,22);1-10H,(H,18,19,21). The minimum absolute atomic E-state index is 0.00186. The molecule has 4 heterocycles. The van der Waals surface area contributed by atoms with Crippen LogP contribution < -0.4 is 10.6 Å². The number of carbonyl (C=O) groups excluding carboxylic acids is 3. The molecule has 1 unspecified atom stereocenters. The molecule has 0 aliphatic rings. The third kappa shape index (κ3) is 8.39. The van der Waals surface area contributed by atoms with E-state index in [1.807, 2.05) is 66.2 Å². The van der Waals surface area contributed by atoms with Crippen LogP contribution in [0.25, 0.3) is 22.8 Å². The lowest BCUT2D eigenvalue weighted by Crippen LogP contribution is -2.11. The van der Waals surface area contributed by atoms with Crippen molar-refractivity contribution in [2.45, 2.75) is 13.0 Å². The number of nitrogens with one attached hydrogen (secondary N) is 2. The summed E-state index contributed by atoms with van der Waals surface area (Å²) in [4.78, 5) is 52.3. The molecule has 0 fully saturated rings. The van der Waals surface area contributed by atoms with Crippen molar-refractivity contribution in [2.75, 3.05) is 17.7 Å². The van der Waals surface area contributed by atoms with Gasteiger partial charge in [0, 0.05) is 47.0 Å². The number of rotatable bonds is 9. The molecule has 10 nitrogen and oxygen atoms in total. The molecule has 2 amide bonds. The molecular weight excluding hydrogens is 621 g/mol. The van der Waals surface area contributed by atoms with E-state index in [1.54, 1.807) is 55.9 Å². The van der Waals surface area contributed by atoms with Crippen molar-refractivity contribution < 1.29 is 19.1 Å². The molecule has 0 aliphatic heterocycles. The van der Waals surface area contributed by atoms with Crippen LogP contribution in [0.2, 0.25) is 0 Å². The zero-order chi connectivity index (χ0) is 32.3. The number of nitrogens with zero attached hydrogens (tertiary/aromatic N) is 4. The third-order valence-corrected chi connectivity index (χ3v) is 8.12. The number of thiazole rings is 2. The maximum Gasteiger partial charge on any atom is 0.257 e. The molecule has 2 N–H and O–H groups in total. The van der Waals surface area contributed by atoms with Crippen molar-refractivity contribution in [1.82, 2.24) is 19.9 Å². The second-order valence-electron chi connectivity index (χ2n) is 9.65. The highest BCUT2D eigenvalue weighted by atomic mass is 32.1. The molecule has 230 valence electrons. The predicted octanol–water partition coefficient (Wildman–Crippen LogP) is 7.43. The summed E-state index contributed by atoms with van der Waals surface area (Å²) < 4.78 is 5.26. The van der Waals surface area contributed by atoms with Crippen LogP contribution in [0.1, 0.15) is 49.7 Å². The van der Waals surface area contributed by atoms with Crippen molar-refractivity contribution in [3.63, 3.8) is 0 Å². The monoisotopic (exact) mass is 648 g/mol. The number of aromatic nitrogens is 4. The molecule has 0 aliphatic carbocycles. The molecule has 0 radical (unpaired) electrons. The van der Waals surface area contributed by atoms with Crippen LogP contribution in [-0.2, 0) is 4.74 Å². The second-order valence-corrected chi connectivity index (χ2v) is 11.4. The van der Waals surface area contributed by atoms with Crippen LogP contribution in [0.15, 0.2) is 108 Å². The van der Waals surface area contributed by atoms with Gasteiger partial charge in [-0.3, -0.25) is 35.0 Å². The molecule has 1 atom stereocenters. The van der Waals surface area contributed by atoms with E-state index in [0.29, 0.717) is 27.0 Å². The van der Waals surface area contributed by atoms with Gasteiger partial charge in [-0.05, 0) is 61.0 Å². The Morgan fingerprint density at radius 2 is 1.17 bits per heavy atom. The van der Waals surface area contributed by atoms with E-state index in [1.165, 1.54) is 22.7 Å². The Morgan fingerprint density at radius 3 is 1.59 bits per heavy atom. The zero-order valence-electron chi connectivity index (χ0n) is 24.8. The SMILES string of the molecule is COC(C)c1ccc(C(=O)Nc2nc(-c3ccccn3)cs2)cc1.O=Cc1ccc(C(=O)Nc2nc(-c3ccccn3)cs2)cc1. The first kappa shape index (κ1) is 32.0. The fourth-order valence-electron chi connectivity index (χ4n) is 4.02. The second kappa shape index (κ2) is 15.5. The lowest BCUT2D eigenvalue weighted by molar-refractivity contribution is 0.101. The quantitative estimate of drug-likeness (QED) is 0.155. The molecule has 0 saturated carbocycles. The summed E-state index contributed by atoms with van der Waals surface area (Å²) in [5.41, 5.74) is 5.62. The van der Waals surface area contributed by atoms with Gasteiger partial charge in [-0.2, -0.15) is 0 Å². The van der Waals surface area contributed by atoms with E-state index in [4.69, 9.17) is 4.74 Å². The van der Waals surface area contributed by atoms with Gasteiger partial charge in [-0.15, -0.1) is 22.7 Å². The molecular formula is C34H28N6O4S2. The van der Waals surface area contributed by atoms with Gasteiger partial charge in [0.25, 0.3) is 11.8 Å². The fourth-order valence-corrected chi connectivity index (χ4v) is 5.42. The maximum absolute atomic E-state index is 12.3. The van der Waals surface area contributed by atoms with Crippen LogP contribution in [0.4, 0.5) is 10.3 Å². The summed E-state index contributed by atoms with van der Waals surface area (Å²) in [7, 11) is 1.66. The van der Waals surface area contributed by atoms with Gasteiger partial charge in [0.05, 0.1) is 17.5 Å². The van der Waals surface area contributed by atoms with E-state index in [-0.39, 0.29) is 17.9 Å². The number of carbonyl (C=O) groups is 3. The van der Waals surface area contributed by atoms with Crippen molar-refractivity contribution in [2.24, 2.45) is 0 Å². The number of hydrogen-bond acceptors (Lipinski definition) is 10. The van der Waals surface area contributed by atoms with Gasteiger partial charge in [0.2, 0.25) is 0 Å². The number of methoxy groups -OCH3 is 1. The van der Waals surface area contributed by atoms with E-state index in [9.17, 15) is 14.4 Å². The van der Waals surface area contributed by atoms with Gasteiger partial charge in [0.15, 0.2) is 10.3 Å². The number of amides is 2. The van der Waals surface area contributed by atoms with E-state index in [2.05, 4.69) is 30.6 Å². The van der Waals surface area contributed by atoms with E-state index >= 15 is 0 Å². The van der Waals surface area contributed by atoms with Gasteiger partial charge in [-0.1, -0.05) is 36.4 Å². The first-order chi connectivity index (χ1) is 22.4. The number of pyridine rings is 2. The Hall–Kier alpha value is -5.43. The number of anilines is 2. The summed E-state index contributed by atoms with van der Waals surface area (Å²) in [6.07, 6.45) is 4.15. The average molecular weight is 649 g/mol. The highest BCUT2D eigenvalue weighted by molar-refractivity contribution is 7.14. The lowest BCUT2D eigenvalue weighted by Gasteiger charge is -2.10. The first-order valence-electron chi connectivity index (χ1n) is 14.0. The van der Waals surface area contributed by atoms with Gasteiger partial charge < -0.3 is 4.74 Å². The zero-order valence-corrected chi connectivity index (χ0v) is 26.4. The van der Waals surface area contributed by atoms with Crippen LogP contribution in [-0.4, -0.2) is 45.1 Å². The minimum Gasteiger partial charge on any atom is -0.377 e. The topological polar surface area (TPSA) is 136 Å². The highest BCUT2D eigenvalue weighted by Gasteiger charge is 2.12. The van der Waals surface area contributed by atoms with Crippen molar-refractivity contribution in [1.29, 1.82) is 0 Å². The maximum atomic E-state index is 12.3. The minimum atomic E-state index is -0.264. The fraction of sp³-hybridized carbons (Fsp3) is 0.0882. The molecule has 6 aromatic rings. The number of hydrogen-bond donors (Lipinski definition) is 2. The Morgan fingerprint density at radius 1 is 0.696 bits per heavy atom. The Balaban J connectivity index is 0.000000182. The first-order valence-corrected chi connectivity index (χ1v) is 15.7. The molecule has 0 bridgehead atoms. The van der Waals surface area contributed by atoms with Crippen LogP contribution in [0, 0.1) is 0 Å². The van der Waals surface area contributed by atoms with Crippen molar-refractivity contribution in [3.05, 3.63) is 130 Å². The van der Waals surface area contributed by atoms with E-state index in [0.717, 1.165) is 34.6 Å². The molecule has 2 aromatic carbocycles. The number of ether oxygens (including phenoxy) is 1. The van der Waals surface area contributed by atoms with Gasteiger partial charge in [0.1, 0.15) is 17.7 Å². The normalized spacial score (nSPS) is 11.1. The molecule has 0 saturated heterocycles. The molecule has 0 spiro atoms. The highest BCUT2D eigenvalue weighted by Crippen LogP contribution is 2.25. The summed E-state index contributed by atoms with van der Waals surface area (Å²) in [5.74, 6) is -0.451.